The van der Waals surface area contributed by atoms with Crippen molar-refractivity contribution < 1.29 is 4.74 Å². The summed E-state index contributed by atoms with van der Waals surface area (Å²) in [6, 6.07) is 10.7. The van der Waals surface area contributed by atoms with Crippen LogP contribution in [0, 0.1) is 0 Å². The highest BCUT2D eigenvalue weighted by Gasteiger charge is 2.20. The summed E-state index contributed by atoms with van der Waals surface area (Å²) in [5.41, 5.74) is 2.19. The lowest BCUT2D eigenvalue weighted by atomic mass is 9.96. The molecular weight excluding hydrogens is 354 g/mol. The van der Waals surface area contributed by atoms with Crippen LogP contribution in [0.3, 0.4) is 0 Å². The molecule has 1 aromatic heterocycles. The van der Waals surface area contributed by atoms with E-state index in [9.17, 15) is 0 Å². The van der Waals surface area contributed by atoms with E-state index in [1.807, 2.05) is 25.2 Å². The van der Waals surface area contributed by atoms with Crippen molar-refractivity contribution in [2.75, 3.05) is 7.05 Å². The molecule has 1 fully saturated rings. The number of aromatic nitrogens is 2. The second-order valence-electron chi connectivity index (χ2n) is 6.12. The Morgan fingerprint density at radius 3 is 2.78 bits per heavy atom. The molecule has 124 valence electrons. The molecule has 1 heterocycles. The van der Waals surface area contributed by atoms with Crippen LogP contribution in [0.5, 0.6) is 5.88 Å². The fraction of sp³-hybridized carbons (Fsp3) is 0.500. The van der Waals surface area contributed by atoms with Crippen LogP contribution in [0.2, 0.25) is 0 Å². The second-order valence-corrected chi connectivity index (χ2v) is 6.98. The van der Waals surface area contributed by atoms with Crippen molar-refractivity contribution in [3.05, 3.63) is 46.1 Å². The van der Waals surface area contributed by atoms with Crippen molar-refractivity contribution in [2.45, 2.75) is 51.3 Å². The van der Waals surface area contributed by atoms with Crippen LogP contribution in [-0.2, 0) is 13.2 Å². The quantitative estimate of drug-likeness (QED) is 0.807. The molecule has 1 saturated carbocycles. The smallest absolute Gasteiger partial charge is 0.212 e. The van der Waals surface area contributed by atoms with Crippen molar-refractivity contribution >= 4 is 15.9 Å². The Morgan fingerprint density at radius 1 is 1.26 bits per heavy atom. The van der Waals surface area contributed by atoms with Gasteiger partial charge in [0.05, 0.1) is 11.7 Å². The first-order valence-electron chi connectivity index (χ1n) is 8.37. The third-order valence-corrected chi connectivity index (χ3v) is 5.14. The van der Waals surface area contributed by atoms with Gasteiger partial charge in [0.2, 0.25) is 5.88 Å². The zero-order valence-electron chi connectivity index (χ0n) is 13.6. The zero-order valence-corrected chi connectivity index (χ0v) is 15.2. The second kappa shape index (κ2) is 7.97. The first kappa shape index (κ1) is 16.5. The molecule has 0 aliphatic heterocycles. The maximum atomic E-state index is 6.13. The van der Waals surface area contributed by atoms with E-state index in [1.165, 1.54) is 32.1 Å². The van der Waals surface area contributed by atoms with Gasteiger partial charge in [-0.2, -0.15) is 5.10 Å². The number of nitrogens with zero attached hydrogens (tertiary/aromatic N) is 2. The van der Waals surface area contributed by atoms with Gasteiger partial charge in [0.25, 0.3) is 0 Å². The Morgan fingerprint density at radius 2 is 2.04 bits per heavy atom. The SMILES string of the molecule is CNCc1cc(OCc2ccccc2Br)n(C2CCCCC2)n1. The van der Waals surface area contributed by atoms with Crippen molar-refractivity contribution in [3.63, 3.8) is 0 Å². The lowest BCUT2D eigenvalue weighted by Crippen LogP contribution is -2.16. The summed E-state index contributed by atoms with van der Waals surface area (Å²) < 4.78 is 9.32. The fourth-order valence-electron chi connectivity index (χ4n) is 3.15. The molecule has 1 N–H and O–H groups in total. The van der Waals surface area contributed by atoms with Crippen LogP contribution in [0.15, 0.2) is 34.8 Å². The van der Waals surface area contributed by atoms with Crippen molar-refractivity contribution in [3.8, 4) is 5.88 Å². The molecule has 0 spiro atoms. The standard InChI is InChI=1S/C18H24BrN3O/c1-20-12-15-11-18(22(21-15)16-8-3-2-4-9-16)23-13-14-7-5-6-10-17(14)19/h5-7,10-11,16,20H,2-4,8-9,12-13H2,1H3. The summed E-state index contributed by atoms with van der Waals surface area (Å²) in [5, 5.41) is 7.95. The van der Waals surface area contributed by atoms with Crippen molar-refractivity contribution in [1.82, 2.24) is 15.1 Å². The number of halogens is 1. The molecule has 1 aliphatic rings. The fourth-order valence-corrected chi connectivity index (χ4v) is 3.55. The summed E-state index contributed by atoms with van der Waals surface area (Å²) in [5.74, 6) is 0.887. The molecule has 0 bridgehead atoms. The maximum absolute atomic E-state index is 6.13. The molecule has 4 nitrogen and oxygen atoms in total. The van der Waals surface area contributed by atoms with Crippen LogP contribution in [0.25, 0.3) is 0 Å². The van der Waals surface area contributed by atoms with Gasteiger partial charge in [-0.1, -0.05) is 53.4 Å². The number of benzene rings is 1. The van der Waals surface area contributed by atoms with Crippen LogP contribution >= 0.6 is 15.9 Å². The van der Waals surface area contributed by atoms with E-state index in [2.05, 4.69) is 38.1 Å². The van der Waals surface area contributed by atoms with E-state index in [1.54, 1.807) is 0 Å². The zero-order chi connectivity index (χ0) is 16.1. The number of rotatable bonds is 6. The number of nitrogens with one attached hydrogen (secondary N) is 1. The molecule has 0 saturated heterocycles. The van der Waals surface area contributed by atoms with Crippen LogP contribution in [0.4, 0.5) is 0 Å². The Labute approximate surface area is 146 Å². The summed E-state index contributed by atoms with van der Waals surface area (Å²) in [6.45, 7) is 1.32. The van der Waals surface area contributed by atoms with E-state index < -0.39 is 0 Å². The molecule has 0 atom stereocenters. The molecule has 2 aromatic rings. The van der Waals surface area contributed by atoms with Crippen LogP contribution < -0.4 is 10.1 Å². The largest absolute Gasteiger partial charge is 0.473 e. The van der Waals surface area contributed by atoms with E-state index >= 15 is 0 Å². The average molecular weight is 378 g/mol. The predicted octanol–water partition coefficient (Wildman–Crippen LogP) is 4.45. The maximum Gasteiger partial charge on any atom is 0.212 e. The molecular formula is C18H24BrN3O. The minimum Gasteiger partial charge on any atom is -0.473 e. The Balaban J connectivity index is 1.77. The molecule has 1 aliphatic carbocycles. The van der Waals surface area contributed by atoms with E-state index in [4.69, 9.17) is 9.84 Å². The van der Waals surface area contributed by atoms with E-state index in [0.29, 0.717) is 12.6 Å². The van der Waals surface area contributed by atoms with E-state index in [0.717, 1.165) is 28.2 Å². The topological polar surface area (TPSA) is 39.1 Å². The first-order valence-corrected chi connectivity index (χ1v) is 9.16. The van der Waals surface area contributed by atoms with Gasteiger partial charge in [0, 0.05) is 22.6 Å². The van der Waals surface area contributed by atoms with Crippen LogP contribution in [-0.4, -0.2) is 16.8 Å². The Hall–Kier alpha value is -1.33. The molecule has 23 heavy (non-hydrogen) atoms. The van der Waals surface area contributed by atoms with Gasteiger partial charge in [-0.25, -0.2) is 4.68 Å². The third-order valence-electron chi connectivity index (χ3n) is 4.36. The highest BCUT2D eigenvalue weighted by Crippen LogP contribution is 2.32. The Bertz CT molecular complexity index is 635. The molecule has 0 unspecified atom stereocenters. The van der Waals surface area contributed by atoms with Gasteiger partial charge < -0.3 is 10.1 Å². The summed E-state index contributed by atoms with van der Waals surface area (Å²) in [7, 11) is 1.95. The van der Waals surface area contributed by atoms with Gasteiger partial charge in [-0.15, -0.1) is 0 Å². The summed E-state index contributed by atoms with van der Waals surface area (Å²) in [6.07, 6.45) is 6.32. The molecule has 0 radical (unpaired) electrons. The van der Waals surface area contributed by atoms with Crippen molar-refractivity contribution in [2.24, 2.45) is 0 Å². The lowest BCUT2D eigenvalue weighted by Gasteiger charge is -2.23. The first-order chi connectivity index (χ1) is 11.3. The highest BCUT2D eigenvalue weighted by molar-refractivity contribution is 9.10. The third kappa shape index (κ3) is 4.15. The highest BCUT2D eigenvalue weighted by atomic mass is 79.9. The van der Waals surface area contributed by atoms with Crippen molar-refractivity contribution in [1.29, 1.82) is 0 Å². The molecule has 1 aromatic carbocycles. The van der Waals surface area contributed by atoms with Gasteiger partial charge in [-0.05, 0) is 26.0 Å². The number of hydrogen-bond donors (Lipinski definition) is 1. The van der Waals surface area contributed by atoms with E-state index in [-0.39, 0.29) is 0 Å². The normalized spacial score (nSPS) is 15.7. The van der Waals surface area contributed by atoms with Gasteiger partial charge in [0.1, 0.15) is 6.61 Å². The predicted molar refractivity (Wildman–Crippen MR) is 95.6 cm³/mol. The van der Waals surface area contributed by atoms with Gasteiger partial charge >= 0.3 is 0 Å². The van der Waals surface area contributed by atoms with Gasteiger partial charge in [-0.3, -0.25) is 0 Å². The summed E-state index contributed by atoms with van der Waals surface area (Å²) >= 11 is 3.58. The minimum absolute atomic E-state index is 0.476. The van der Waals surface area contributed by atoms with Crippen LogP contribution in [0.1, 0.15) is 49.4 Å². The average Bonchev–Trinajstić information content (AvgIpc) is 2.98. The lowest BCUT2D eigenvalue weighted by molar-refractivity contribution is 0.237. The molecule has 0 amide bonds. The minimum atomic E-state index is 0.476. The van der Waals surface area contributed by atoms with Gasteiger partial charge in [0.15, 0.2) is 0 Å². The monoisotopic (exact) mass is 377 g/mol. The molecule has 3 rings (SSSR count). The number of ether oxygens (including phenoxy) is 1. The number of hydrogen-bond acceptors (Lipinski definition) is 3. The Kier molecular flexibility index (Phi) is 5.73. The molecule has 5 heteroatoms. The summed E-state index contributed by atoms with van der Waals surface area (Å²) in [4.78, 5) is 0.